The van der Waals surface area contributed by atoms with Crippen LogP contribution in [0, 0.1) is 35.5 Å². The number of hydrogen-bond donors (Lipinski definition) is 2. The third-order valence-corrected chi connectivity index (χ3v) is 15.3. The molecule has 16 heteroatoms. The predicted molar refractivity (Wildman–Crippen MR) is 263 cm³/mol. The van der Waals surface area contributed by atoms with Crippen LogP contribution in [0.4, 0.5) is 0 Å². The fourth-order valence-electron chi connectivity index (χ4n) is 10.4. The summed E-state index contributed by atoms with van der Waals surface area (Å²) in [6.45, 7) is 12.7. The summed E-state index contributed by atoms with van der Waals surface area (Å²) >= 11 is 3.15. The molecule has 3 fully saturated rings. The number of aliphatic hydroxyl groups excluding tert-OH is 1. The zero-order chi connectivity index (χ0) is 51.2. The number of ketones is 3. The van der Waals surface area contributed by atoms with Gasteiger partial charge in [0.15, 0.2) is 5.78 Å². The number of alkyl halides is 1. The molecule has 4 unspecified atom stereocenters. The van der Waals surface area contributed by atoms with Crippen molar-refractivity contribution in [3.05, 3.63) is 47.6 Å². The van der Waals surface area contributed by atoms with Gasteiger partial charge >= 0.3 is 11.9 Å². The van der Waals surface area contributed by atoms with Gasteiger partial charge < -0.3 is 43.5 Å². The first-order valence-corrected chi connectivity index (χ1v) is 26.1. The molecule has 0 spiro atoms. The maximum Gasteiger partial charge on any atom is 0.329 e. The topological polar surface area (TPSA) is 201 Å². The first-order valence-electron chi connectivity index (χ1n) is 24.9. The first kappa shape index (κ1) is 58.2. The molecule has 4 aliphatic rings. The summed E-state index contributed by atoms with van der Waals surface area (Å²) < 4.78 is 35.3. The van der Waals surface area contributed by atoms with Gasteiger partial charge in [-0.2, -0.15) is 0 Å². The van der Waals surface area contributed by atoms with Crippen molar-refractivity contribution in [1.29, 1.82) is 0 Å². The third kappa shape index (κ3) is 15.8. The van der Waals surface area contributed by atoms with Gasteiger partial charge in [-0.25, -0.2) is 4.79 Å². The Balaban J connectivity index is 1.70. The molecule has 4 rings (SSSR count). The predicted octanol–water partition coefficient (Wildman–Crippen LogP) is 7.13. The van der Waals surface area contributed by atoms with Crippen LogP contribution in [0.2, 0.25) is 0 Å². The number of rotatable bonds is 8. The number of carbonyl (C=O) groups excluding carboxylic acids is 6. The minimum Gasteiger partial charge on any atom is -0.460 e. The molecule has 1 amide bonds. The lowest BCUT2D eigenvalue weighted by atomic mass is 9.78. The van der Waals surface area contributed by atoms with E-state index in [0.29, 0.717) is 69.8 Å². The summed E-state index contributed by atoms with van der Waals surface area (Å²) in [5.41, 5.74) is 1.25. The molecule has 3 aliphatic heterocycles. The molecular formula is C53H80BrNO14. The lowest BCUT2D eigenvalue weighted by molar-refractivity contribution is -0.265. The van der Waals surface area contributed by atoms with Gasteiger partial charge in [0.2, 0.25) is 5.79 Å². The highest BCUT2D eigenvalue weighted by atomic mass is 79.9. The van der Waals surface area contributed by atoms with E-state index in [1.54, 1.807) is 41.1 Å². The van der Waals surface area contributed by atoms with E-state index in [-0.39, 0.29) is 66.1 Å². The third-order valence-electron chi connectivity index (χ3n) is 14.8. The fraction of sp³-hybridized carbons (Fsp3) is 0.736. The zero-order valence-electron chi connectivity index (χ0n) is 42.6. The number of halogens is 1. The van der Waals surface area contributed by atoms with Crippen molar-refractivity contribution in [2.75, 3.05) is 33.2 Å². The number of aliphatic hydroxyl groups is 2. The van der Waals surface area contributed by atoms with Gasteiger partial charge in [0.25, 0.3) is 11.7 Å². The van der Waals surface area contributed by atoms with Crippen molar-refractivity contribution in [3.63, 3.8) is 0 Å². The molecule has 69 heavy (non-hydrogen) atoms. The van der Waals surface area contributed by atoms with E-state index < -0.39 is 83.9 Å². The van der Waals surface area contributed by atoms with E-state index in [2.05, 4.69) is 15.9 Å². The van der Waals surface area contributed by atoms with Crippen molar-refractivity contribution >= 4 is 51.1 Å². The number of nitrogens with zero attached hydrogens (tertiary/aromatic N) is 1. The molecule has 1 saturated carbocycles. The first-order chi connectivity index (χ1) is 32.7. The number of piperidine rings is 1. The molecule has 0 aromatic carbocycles. The molecular weight excluding hydrogens is 954 g/mol. The number of fused-ring (bicyclic) bond motifs is 3. The number of Topliss-reactive ketones (excluding diaryl/α,β-unsaturated/α-hetero) is 3. The Kier molecular flexibility index (Phi) is 23.1. The highest BCUT2D eigenvalue weighted by Gasteiger charge is 2.53. The van der Waals surface area contributed by atoms with E-state index in [0.717, 1.165) is 5.57 Å². The Morgan fingerprint density at radius 1 is 0.884 bits per heavy atom. The van der Waals surface area contributed by atoms with Crippen LogP contribution in [-0.2, 0) is 57.2 Å². The summed E-state index contributed by atoms with van der Waals surface area (Å²) in [7, 11) is 4.52. The Morgan fingerprint density at radius 3 is 2.28 bits per heavy atom. The molecule has 15 atom stereocenters. The molecule has 2 N–H and O–H groups in total. The van der Waals surface area contributed by atoms with Crippen LogP contribution in [0.5, 0.6) is 0 Å². The summed E-state index contributed by atoms with van der Waals surface area (Å²) in [6.07, 6.45) is 11.0. The Hall–Kier alpha value is -3.38. The number of amides is 1. The van der Waals surface area contributed by atoms with Crippen molar-refractivity contribution < 1.29 is 67.4 Å². The highest BCUT2D eigenvalue weighted by molar-refractivity contribution is 9.09. The van der Waals surface area contributed by atoms with Gasteiger partial charge in [0.05, 0.1) is 18.3 Å². The molecule has 3 heterocycles. The molecule has 2 bridgehead atoms. The van der Waals surface area contributed by atoms with Crippen LogP contribution in [0.3, 0.4) is 0 Å². The second kappa shape index (κ2) is 27.4. The minimum atomic E-state index is -2.44. The van der Waals surface area contributed by atoms with E-state index in [9.17, 15) is 39.0 Å². The number of allylic oxidation sites excluding steroid dienone is 6. The van der Waals surface area contributed by atoms with E-state index in [1.807, 2.05) is 58.1 Å². The smallest absolute Gasteiger partial charge is 0.329 e. The van der Waals surface area contributed by atoms with Gasteiger partial charge in [-0.1, -0.05) is 87.0 Å². The van der Waals surface area contributed by atoms with Gasteiger partial charge in [0.1, 0.15) is 41.6 Å². The highest BCUT2D eigenvalue weighted by Crippen LogP contribution is 2.38. The molecule has 1 aliphatic carbocycles. The number of hydrogen-bond acceptors (Lipinski definition) is 14. The van der Waals surface area contributed by atoms with E-state index in [1.165, 1.54) is 12.0 Å². The number of ether oxygens (including phenoxy) is 6. The largest absolute Gasteiger partial charge is 0.460 e. The molecule has 388 valence electrons. The molecule has 0 aromatic heterocycles. The Bertz CT molecular complexity index is 1900. The Morgan fingerprint density at radius 2 is 1.61 bits per heavy atom. The van der Waals surface area contributed by atoms with Gasteiger partial charge in [0, 0.05) is 58.5 Å². The molecule has 0 radical (unpaired) electrons. The van der Waals surface area contributed by atoms with E-state index in [4.69, 9.17) is 28.4 Å². The van der Waals surface area contributed by atoms with Crippen LogP contribution in [0.15, 0.2) is 47.6 Å². The fourth-order valence-corrected chi connectivity index (χ4v) is 10.6. The average Bonchev–Trinajstić information content (AvgIpc) is 3.33. The van der Waals surface area contributed by atoms with Crippen molar-refractivity contribution in [2.45, 2.75) is 180 Å². The van der Waals surface area contributed by atoms with Crippen LogP contribution in [0.25, 0.3) is 0 Å². The van der Waals surface area contributed by atoms with Gasteiger partial charge in [-0.15, -0.1) is 0 Å². The van der Waals surface area contributed by atoms with Crippen LogP contribution >= 0.6 is 15.9 Å². The van der Waals surface area contributed by atoms with Gasteiger partial charge in [-0.3, -0.25) is 24.0 Å². The lowest BCUT2D eigenvalue weighted by Crippen LogP contribution is -2.61. The monoisotopic (exact) mass is 1030 g/mol. The number of esters is 2. The summed E-state index contributed by atoms with van der Waals surface area (Å²) in [6, 6.07) is -1.16. The van der Waals surface area contributed by atoms with Crippen molar-refractivity contribution in [3.8, 4) is 0 Å². The molecule has 15 nitrogen and oxygen atoms in total. The van der Waals surface area contributed by atoms with Crippen molar-refractivity contribution in [1.82, 2.24) is 4.90 Å². The Labute approximate surface area is 418 Å². The maximum atomic E-state index is 14.5. The summed E-state index contributed by atoms with van der Waals surface area (Å²) in [4.78, 5) is 84.3. The summed E-state index contributed by atoms with van der Waals surface area (Å²) in [5, 5.41) is 23.5. The maximum absolute atomic E-state index is 14.5. The quantitative estimate of drug-likeness (QED) is 0.108. The normalized spacial score (nSPS) is 38.7. The van der Waals surface area contributed by atoms with E-state index >= 15 is 0 Å². The zero-order valence-corrected chi connectivity index (χ0v) is 44.2. The van der Waals surface area contributed by atoms with Crippen LogP contribution < -0.4 is 0 Å². The number of carbonyl (C=O) groups is 6. The van der Waals surface area contributed by atoms with Gasteiger partial charge in [-0.05, 0) is 107 Å². The van der Waals surface area contributed by atoms with Crippen LogP contribution in [-0.4, -0.2) is 138 Å². The average molecular weight is 1040 g/mol. The SMILES string of the molecule is COC1C(=O)[C@H](C)CC(C)/C=C/C=C/C=C(\C)[C@@H](OC)C[C@@H]2CC[C@@H](C)[C@@](O)(O2)C(=O)C(=O)N2CCCCC2C(=O)O[C@H]([C@@H](C)C[C@@H]2CC[C@@H](OC(=O)CBr)[C@H](OC)C2)CC(=O)C(C)/C=C(\C)[C@H]1O. The standard InChI is InChI=1S/C53H80BrNO14/c1-31-16-12-11-13-17-32(2)43(64-8)28-39-21-19-37(7)53(63,69-39)50(60)51(61)55-23-15-14-18-40(55)52(62)68-44(34(4)26-38-20-22-42(45(27-38)65-9)67-46(57)30-54)29-41(56)33(3)25-36(6)48(59)49(66-10)47(58)35(5)24-31/h11-13,16-17,25,31,33-35,37-40,42-45,48-49,59,63H,14-15,18-24,26-30H2,1-10H3/b13-11+,16-12+,32-17+,36-25+/t31?,33?,34-,35+,37+,38-,39-,40?,42+,43-,44-,45+,48+,49?,53+/m0/s1. The second-order valence-electron chi connectivity index (χ2n) is 20.2. The number of methoxy groups -OCH3 is 3. The summed E-state index contributed by atoms with van der Waals surface area (Å²) in [5.74, 6) is -8.58. The van der Waals surface area contributed by atoms with Crippen LogP contribution in [0.1, 0.15) is 126 Å². The molecule has 2 saturated heterocycles. The van der Waals surface area contributed by atoms with Crippen molar-refractivity contribution in [2.24, 2.45) is 35.5 Å². The lowest BCUT2D eigenvalue weighted by Gasteiger charge is -2.42. The number of cyclic esters (lactones) is 1. The minimum absolute atomic E-state index is 0.00925. The molecule has 0 aromatic rings. The second-order valence-corrected chi connectivity index (χ2v) is 20.7.